The first-order valence-corrected chi connectivity index (χ1v) is 10.8. The quantitative estimate of drug-likeness (QED) is 0.503. The van der Waals surface area contributed by atoms with Gasteiger partial charge < -0.3 is 14.5 Å². The van der Waals surface area contributed by atoms with E-state index in [9.17, 15) is 0 Å². The first-order chi connectivity index (χ1) is 13.3. The summed E-state index contributed by atoms with van der Waals surface area (Å²) in [5, 5.41) is 2.23. The Kier molecular flexibility index (Phi) is 4.33. The van der Waals surface area contributed by atoms with Crippen LogP contribution in [0.15, 0.2) is 42.5 Å². The Labute approximate surface area is 165 Å². The van der Waals surface area contributed by atoms with Crippen LogP contribution in [-0.2, 0) is 0 Å². The van der Waals surface area contributed by atoms with E-state index in [0.29, 0.717) is 6.61 Å². The number of ether oxygens (including phenoxy) is 1. The van der Waals surface area contributed by atoms with Crippen molar-refractivity contribution in [2.45, 2.75) is 6.92 Å². The van der Waals surface area contributed by atoms with Gasteiger partial charge in [-0.25, -0.2) is 9.97 Å². The van der Waals surface area contributed by atoms with Gasteiger partial charge in [0.25, 0.3) is 0 Å². The standard InChI is InChI=1S/C20H20N4OS2/c1-2-25-14-7-8-16-18(13-14)27-20(22-16)24-11-9-23(10-12-24)19-21-15-5-3-4-6-17(15)26-19/h3-8,13H,2,9-12H2,1H3. The minimum Gasteiger partial charge on any atom is -0.494 e. The number of benzene rings is 2. The van der Waals surface area contributed by atoms with Crippen molar-refractivity contribution in [3.05, 3.63) is 42.5 Å². The fraction of sp³-hybridized carbons (Fsp3) is 0.300. The Morgan fingerprint density at radius 2 is 1.48 bits per heavy atom. The molecule has 1 aliphatic rings. The van der Waals surface area contributed by atoms with Gasteiger partial charge in [-0.05, 0) is 37.3 Å². The van der Waals surface area contributed by atoms with Crippen molar-refractivity contribution in [2.75, 3.05) is 42.6 Å². The first-order valence-electron chi connectivity index (χ1n) is 9.19. The normalized spacial score (nSPS) is 15.0. The van der Waals surface area contributed by atoms with Gasteiger partial charge >= 0.3 is 0 Å². The molecule has 0 aliphatic carbocycles. The fourth-order valence-electron chi connectivity index (χ4n) is 3.37. The third kappa shape index (κ3) is 3.21. The lowest BCUT2D eigenvalue weighted by Crippen LogP contribution is -2.46. The number of hydrogen-bond donors (Lipinski definition) is 0. The second kappa shape index (κ2) is 6.98. The summed E-state index contributed by atoms with van der Waals surface area (Å²) in [6.07, 6.45) is 0. The molecule has 0 saturated carbocycles. The first kappa shape index (κ1) is 16.8. The van der Waals surface area contributed by atoms with Crippen molar-refractivity contribution in [1.82, 2.24) is 9.97 Å². The summed E-state index contributed by atoms with van der Waals surface area (Å²) in [4.78, 5) is 14.4. The Morgan fingerprint density at radius 1 is 0.852 bits per heavy atom. The lowest BCUT2D eigenvalue weighted by Gasteiger charge is -2.34. The topological polar surface area (TPSA) is 41.5 Å². The SMILES string of the molecule is CCOc1ccc2nc(N3CCN(c4nc5ccccc5s4)CC3)sc2c1. The molecule has 3 heterocycles. The third-order valence-electron chi connectivity index (χ3n) is 4.76. The van der Waals surface area contributed by atoms with E-state index < -0.39 is 0 Å². The minimum atomic E-state index is 0.685. The Morgan fingerprint density at radius 3 is 2.15 bits per heavy atom. The number of nitrogens with zero attached hydrogens (tertiary/aromatic N) is 4. The van der Waals surface area contributed by atoms with Crippen LogP contribution in [-0.4, -0.2) is 42.8 Å². The van der Waals surface area contributed by atoms with Crippen molar-refractivity contribution in [1.29, 1.82) is 0 Å². The number of piperazine rings is 1. The maximum Gasteiger partial charge on any atom is 0.186 e. The summed E-state index contributed by atoms with van der Waals surface area (Å²) in [5.41, 5.74) is 2.14. The lowest BCUT2D eigenvalue weighted by atomic mass is 10.3. The van der Waals surface area contributed by atoms with E-state index in [1.165, 1.54) is 9.40 Å². The van der Waals surface area contributed by atoms with Gasteiger partial charge in [-0.1, -0.05) is 34.8 Å². The second-order valence-corrected chi connectivity index (χ2v) is 8.52. The van der Waals surface area contributed by atoms with Gasteiger partial charge in [0.2, 0.25) is 0 Å². The average Bonchev–Trinajstić information content (AvgIpc) is 3.32. The van der Waals surface area contributed by atoms with Gasteiger partial charge in [0.1, 0.15) is 5.75 Å². The van der Waals surface area contributed by atoms with E-state index in [1.54, 1.807) is 22.7 Å². The molecule has 2 aromatic heterocycles. The van der Waals surface area contributed by atoms with Crippen LogP contribution in [0.25, 0.3) is 20.4 Å². The van der Waals surface area contributed by atoms with Crippen LogP contribution in [0.3, 0.4) is 0 Å². The average molecular weight is 397 g/mol. The summed E-state index contributed by atoms with van der Waals surface area (Å²) in [6, 6.07) is 14.5. The Balaban J connectivity index is 1.31. The molecule has 0 N–H and O–H groups in total. The van der Waals surface area contributed by atoms with Gasteiger partial charge in [-0.2, -0.15) is 0 Å². The number of fused-ring (bicyclic) bond motifs is 2. The maximum atomic E-state index is 5.61. The highest BCUT2D eigenvalue weighted by Gasteiger charge is 2.22. The molecule has 2 aromatic carbocycles. The van der Waals surface area contributed by atoms with Crippen LogP contribution in [0.1, 0.15) is 6.92 Å². The van der Waals surface area contributed by atoms with Gasteiger partial charge in [0.05, 0.1) is 27.0 Å². The summed E-state index contributed by atoms with van der Waals surface area (Å²) in [6.45, 7) is 6.57. The monoisotopic (exact) mass is 396 g/mol. The molecule has 5 rings (SSSR count). The zero-order valence-corrected chi connectivity index (χ0v) is 16.7. The van der Waals surface area contributed by atoms with Gasteiger partial charge in [-0.15, -0.1) is 0 Å². The van der Waals surface area contributed by atoms with E-state index >= 15 is 0 Å². The van der Waals surface area contributed by atoms with Crippen molar-refractivity contribution < 1.29 is 4.74 Å². The predicted molar refractivity (Wildman–Crippen MR) is 115 cm³/mol. The summed E-state index contributed by atoms with van der Waals surface area (Å²) in [5.74, 6) is 0.917. The van der Waals surface area contributed by atoms with Crippen molar-refractivity contribution in [2.24, 2.45) is 0 Å². The highest BCUT2D eigenvalue weighted by Crippen LogP contribution is 2.33. The number of hydrogen-bond acceptors (Lipinski definition) is 7. The molecular formula is C20H20N4OS2. The number of para-hydroxylation sites is 1. The number of anilines is 2. The molecule has 1 fully saturated rings. The van der Waals surface area contributed by atoms with Gasteiger partial charge in [-0.3, -0.25) is 0 Å². The molecule has 4 aromatic rings. The van der Waals surface area contributed by atoms with Crippen molar-refractivity contribution in [3.8, 4) is 5.75 Å². The molecule has 0 atom stereocenters. The van der Waals surface area contributed by atoms with Crippen LogP contribution < -0.4 is 14.5 Å². The molecule has 0 radical (unpaired) electrons. The zero-order valence-electron chi connectivity index (χ0n) is 15.1. The molecule has 1 saturated heterocycles. The number of aromatic nitrogens is 2. The number of thiazole rings is 2. The van der Waals surface area contributed by atoms with E-state index in [-0.39, 0.29) is 0 Å². The molecule has 0 unspecified atom stereocenters. The van der Waals surface area contributed by atoms with Gasteiger partial charge in [0, 0.05) is 26.2 Å². The smallest absolute Gasteiger partial charge is 0.186 e. The van der Waals surface area contributed by atoms with Crippen LogP contribution in [0.2, 0.25) is 0 Å². The highest BCUT2D eigenvalue weighted by molar-refractivity contribution is 7.22. The van der Waals surface area contributed by atoms with Crippen molar-refractivity contribution in [3.63, 3.8) is 0 Å². The van der Waals surface area contributed by atoms with Crippen molar-refractivity contribution >= 4 is 53.4 Å². The van der Waals surface area contributed by atoms with E-state index in [0.717, 1.165) is 53.2 Å². The summed E-state index contributed by atoms with van der Waals surface area (Å²) in [7, 11) is 0. The molecule has 5 nitrogen and oxygen atoms in total. The van der Waals surface area contributed by atoms with E-state index in [4.69, 9.17) is 14.7 Å². The molecule has 1 aliphatic heterocycles. The molecule has 27 heavy (non-hydrogen) atoms. The second-order valence-electron chi connectivity index (χ2n) is 6.50. The van der Waals surface area contributed by atoms with Crippen LogP contribution >= 0.6 is 22.7 Å². The molecule has 7 heteroatoms. The maximum absolute atomic E-state index is 5.61. The van der Waals surface area contributed by atoms with Crippen LogP contribution in [0.5, 0.6) is 5.75 Å². The van der Waals surface area contributed by atoms with Gasteiger partial charge in [0.15, 0.2) is 10.3 Å². The summed E-state index contributed by atoms with van der Waals surface area (Å²) >= 11 is 3.53. The highest BCUT2D eigenvalue weighted by atomic mass is 32.1. The zero-order chi connectivity index (χ0) is 18.2. The third-order valence-corrected chi connectivity index (χ3v) is 6.94. The number of rotatable bonds is 4. The fourth-order valence-corrected chi connectivity index (χ4v) is 5.43. The molecule has 0 bridgehead atoms. The largest absolute Gasteiger partial charge is 0.494 e. The van der Waals surface area contributed by atoms with Crippen LogP contribution in [0.4, 0.5) is 10.3 Å². The van der Waals surface area contributed by atoms with Crippen LogP contribution in [0, 0.1) is 0 Å². The Hall–Kier alpha value is -2.38. The van der Waals surface area contributed by atoms with E-state index in [1.807, 2.05) is 19.1 Å². The molecule has 138 valence electrons. The summed E-state index contributed by atoms with van der Waals surface area (Å²) < 4.78 is 8.05. The predicted octanol–water partition coefficient (Wildman–Crippen LogP) is 4.63. The Bertz CT molecular complexity index is 1050. The molecular weight excluding hydrogens is 376 g/mol. The minimum absolute atomic E-state index is 0.685. The molecule has 0 spiro atoms. The molecule has 0 amide bonds. The lowest BCUT2D eigenvalue weighted by molar-refractivity contribution is 0.341. The van der Waals surface area contributed by atoms with E-state index in [2.05, 4.69) is 40.1 Å².